The Balaban J connectivity index is 1.98. The maximum Gasteiger partial charge on any atom is 0.233 e. The van der Waals surface area contributed by atoms with Crippen LogP contribution in [0, 0.1) is 0 Å². The minimum absolute atomic E-state index is 0.185. The highest BCUT2D eigenvalue weighted by Crippen LogP contribution is 2.30. The lowest BCUT2D eigenvalue weighted by Gasteiger charge is -2.27. The van der Waals surface area contributed by atoms with Crippen LogP contribution in [0.1, 0.15) is 24.8 Å². The third kappa shape index (κ3) is 1.43. The van der Waals surface area contributed by atoms with Crippen LogP contribution >= 0.6 is 0 Å². The van der Waals surface area contributed by atoms with E-state index >= 15 is 0 Å². The first-order valence-electron chi connectivity index (χ1n) is 5.79. The van der Waals surface area contributed by atoms with E-state index in [1.807, 2.05) is 17.0 Å². The predicted octanol–water partition coefficient (Wildman–Crippen LogP) is 2.08. The van der Waals surface area contributed by atoms with E-state index in [9.17, 15) is 4.79 Å². The Bertz CT molecular complexity index is 453. The molecular weight excluding hydrogens is 200 g/mol. The number of aromatic nitrogens is 1. The van der Waals surface area contributed by atoms with Crippen LogP contribution in [0.3, 0.4) is 0 Å². The highest BCUT2D eigenvalue weighted by atomic mass is 16.2. The largest absolute Gasteiger partial charge is 0.289 e. The molecule has 16 heavy (non-hydrogen) atoms. The monoisotopic (exact) mass is 214 g/mol. The number of hydrogen-bond donors (Lipinski definition) is 0. The van der Waals surface area contributed by atoms with Crippen molar-refractivity contribution in [3.8, 4) is 0 Å². The average Bonchev–Trinajstić information content (AvgIpc) is 2.66. The Morgan fingerprint density at radius 2 is 2.38 bits per heavy atom. The summed E-state index contributed by atoms with van der Waals surface area (Å²) in [6.07, 6.45) is 9.93. The van der Waals surface area contributed by atoms with Gasteiger partial charge >= 0.3 is 0 Å². The summed E-state index contributed by atoms with van der Waals surface area (Å²) in [6, 6.07) is 4.11. The number of anilines is 1. The number of allylic oxidation sites excluding steroid dienone is 1. The summed E-state index contributed by atoms with van der Waals surface area (Å²) in [5, 5.41) is 0. The van der Waals surface area contributed by atoms with Gasteiger partial charge in [0.05, 0.1) is 12.5 Å². The number of carbonyl (C=O) groups excluding carboxylic acids is 1. The maximum absolute atomic E-state index is 12.0. The van der Waals surface area contributed by atoms with Crippen molar-refractivity contribution in [2.24, 2.45) is 0 Å². The fraction of sp³-hybridized carbons (Fsp3) is 0.385. The molecule has 1 atom stereocenters. The number of amides is 1. The van der Waals surface area contributed by atoms with Gasteiger partial charge in [-0.15, -0.1) is 0 Å². The molecule has 0 radical (unpaired) electrons. The molecular formula is C13H14N2O. The molecule has 1 amide bonds. The van der Waals surface area contributed by atoms with Crippen LogP contribution in [-0.4, -0.2) is 16.9 Å². The molecule has 3 rings (SSSR count). The molecule has 1 aliphatic carbocycles. The van der Waals surface area contributed by atoms with E-state index in [0.717, 1.165) is 30.6 Å². The maximum atomic E-state index is 12.0. The summed E-state index contributed by atoms with van der Waals surface area (Å²) in [5.74, 6) is 1.05. The minimum atomic E-state index is 0.185. The van der Waals surface area contributed by atoms with Crippen molar-refractivity contribution >= 4 is 11.7 Å². The molecule has 0 N–H and O–H groups in total. The Labute approximate surface area is 94.8 Å². The first kappa shape index (κ1) is 9.58. The number of hydrogen-bond acceptors (Lipinski definition) is 2. The standard InChI is InChI=1S/C13H14N2O/c16-12-9-10-5-4-8-14-13(10)15(12)11-6-2-1-3-7-11/h2,4-6,8,11H,1,3,7,9H2. The van der Waals surface area contributed by atoms with E-state index in [4.69, 9.17) is 0 Å². The lowest BCUT2D eigenvalue weighted by Crippen LogP contribution is -2.37. The molecule has 1 unspecified atom stereocenters. The topological polar surface area (TPSA) is 33.2 Å². The molecule has 0 bridgehead atoms. The Kier molecular flexibility index (Phi) is 2.24. The smallest absolute Gasteiger partial charge is 0.233 e. The van der Waals surface area contributed by atoms with Crippen molar-refractivity contribution in [3.05, 3.63) is 36.0 Å². The molecule has 0 saturated carbocycles. The van der Waals surface area contributed by atoms with Gasteiger partial charge in [0, 0.05) is 11.8 Å². The molecule has 0 aromatic carbocycles. The summed E-state index contributed by atoms with van der Waals surface area (Å²) in [5.41, 5.74) is 1.06. The molecule has 2 heterocycles. The summed E-state index contributed by atoms with van der Waals surface area (Å²) >= 11 is 0. The van der Waals surface area contributed by atoms with Crippen LogP contribution < -0.4 is 4.90 Å². The van der Waals surface area contributed by atoms with E-state index in [0.29, 0.717) is 6.42 Å². The van der Waals surface area contributed by atoms with E-state index in [1.54, 1.807) is 6.20 Å². The average molecular weight is 214 g/mol. The first-order chi connectivity index (χ1) is 7.86. The Morgan fingerprint density at radius 3 is 3.19 bits per heavy atom. The van der Waals surface area contributed by atoms with Gasteiger partial charge in [-0.05, 0) is 25.3 Å². The van der Waals surface area contributed by atoms with Gasteiger partial charge in [0.2, 0.25) is 5.91 Å². The molecule has 0 saturated heterocycles. The van der Waals surface area contributed by atoms with Crippen LogP contribution in [0.15, 0.2) is 30.5 Å². The second-order valence-electron chi connectivity index (χ2n) is 4.35. The zero-order valence-electron chi connectivity index (χ0n) is 9.10. The highest BCUT2D eigenvalue weighted by Gasteiger charge is 2.33. The van der Waals surface area contributed by atoms with Crippen molar-refractivity contribution in [3.63, 3.8) is 0 Å². The van der Waals surface area contributed by atoms with Crippen molar-refractivity contribution < 1.29 is 4.79 Å². The minimum Gasteiger partial charge on any atom is -0.289 e. The molecule has 1 aliphatic heterocycles. The fourth-order valence-electron chi connectivity index (χ4n) is 2.50. The van der Waals surface area contributed by atoms with Crippen LogP contribution in [0.2, 0.25) is 0 Å². The van der Waals surface area contributed by atoms with Crippen LogP contribution in [0.25, 0.3) is 0 Å². The fourth-order valence-corrected chi connectivity index (χ4v) is 2.50. The highest BCUT2D eigenvalue weighted by molar-refractivity contribution is 6.00. The summed E-state index contributed by atoms with van der Waals surface area (Å²) in [7, 11) is 0. The Hall–Kier alpha value is -1.64. The number of pyridine rings is 1. The molecule has 82 valence electrons. The third-order valence-corrected chi connectivity index (χ3v) is 3.27. The predicted molar refractivity (Wildman–Crippen MR) is 62.2 cm³/mol. The van der Waals surface area contributed by atoms with Gasteiger partial charge < -0.3 is 0 Å². The van der Waals surface area contributed by atoms with Crippen LogP contribution in [-0.2, 0) is 11.2 Å². The van der Waals surface area contributed by atoms with E-state index in [1.165, 1.54) is 0 Å². The van der Waals surface area contributed by atoms with Gasteiger partial charge in [0.25, 0.3) is 0 Å². The molecule has 3 heteroatoms. The van der Waals surface area contributed by atoms with Crippen LogP contribution in [0.4, 0.5) is 5.82 Å². The molecule has 0 spiro atoms. The molecule has 0 fully saturated rings. The summed E-state index contributed by atoms with van der Waals surface area (Å²) in [6.45, 7) is 0. The third-order valence-electron chi connectivity index (χ3n) is 3.27. The molecule has 1 aromatic heterocycles. The van der Waals surface area contributed by atoms with Gasteiger partial charge in [-0.1, -0.05) is 18.2 Å². The number of nitrogens with zero attached hydrogens (tertiary/aromatic N) is 2. The first-order valence-corrected chi connectivity index (χ1v) is 5.79. The molecule has 1 aromatic rings. The SMILES string of the molecule is O=C1Cc2cccnc2N1C1C=CCCC1. The number of fused-ring (bicyclic) bond motifs is 1. The molecule has 2 aliphatic rings. The van der Waals surface area contributed by atoms with Crippen molar-refractivity contribution in [2.45, 2.75) is 31.7 Å². The Morgan fingerprint density at radius 1 is 1.44 bits per heavy atom. The zero-order chi connectivity index (χ0) is 11.0. The van der Waals surface area contributed by atoms with Gasteiger partial charge in [-0.2, -0.15) is 0 Å². The van der Waals surface area contributed by atoms with Crippen molar-refractivity contribution in [2.75, 3.05) is 4.90 Å². The molecule has 3 nitrogen and oxygen atoms in total. The number of rotatable bonds is 1. The van der Waals surface area contributed by atoms with Gasteiger partial charge in [0.15, 0.2) is 0 Å². The zero-order valence-corrected chi connectivity index (χ0v) is 9.10. The summed E-state index contributed by atoms with van der Waals surface area (Å²) < 4.78 is 0. The van der Waals surface area contributed by atoms with Crippen LogP contribution in [0.5, 0.6) is 0 Å². The lowest BCUT2D eigenvalue weighted by atomic mass is 10.0. The van der Waals surface area contributed by atoms with E-state index < -0.39 is 0 Å². The second kappa shape index (κ2) is 3.74. The second-order valence-corrected chi connectivity index (χ2v) is 4.35. The number of carbonyl (C=O) groups is 1. The van der Waals surface area contributed by atoms with Crippen molar-refractivity contribution in [1.29, 1.82) is 0 Å². The van der Waals surface area contributed by atoms with Gasteiger partial charge in [-0.3, -0.25) is 9.69 Å². The van der Waals surface area contributed by atoms with E-state index in [-0.39, 0.29) is 11.9 Å². The van der Waals surface area contributed by atoms with E-state index in [2.05, 4.69) is 17.1 Å². The quantitative estimate of drug-likeness (QED) is 0.670. The van der Waals surface area contributed by atoms with Crippen molar-refractivity contribution in [1.82, 2.24) is 4.98 Å². The van der Waals surface area contributed by atoms with Gasteiger partial charge in [0.1, 0.15) is 5.82 Å². The summed E-state index contributed by atoms with van der Waals surface area (Å²) in [4.78, 5) is 18.2. The lowest BCUT2D eigenvalue weighted by molar-refractivity contribution is -0.117. The van der Waals surface area contributed by atoms with Gasteiger partial charge in [-0.25, -0.2) is 4.98 Å². The normalized spacial score (nSPS) is 23.6.